The lowest BCUT2D eigenvalue weighted by Crippen LogP contribution is -1.98. The van der Waals surface area contributed by atoms with Gasteiger partial charge in [0, 0.05) is 9.75 Å². The van der Waals surface area contributed by atoms with E-state index in [2.05, 4.69) is 19.9 Å². The summed E-state index contributed by atoms with van der Waals surface area (Å²) in [4.78, 5) is 2.24. The molecule has 0 amide bonds. The van der Waals surface area contributed by atoms with Crippen LogP contribution in [-0.2, 0) is 0 Å². The van der Waals surface area contributed by atoms with E-state index in [9.17, 15) is 5.11 Å². The van der Waals surface area contributed by atoms with Crippen molar-refractivity contribution in [1.29, 1.82) is 0 Å². The van der Waals surface area contributed by atoms with Crippen molar-refractivity contribution in [2.45, 2.75) is 26.9 Å². The van der Waals surface area contributed by atoms with E-state index >= 15 is 0 Å². The van der Waals surface area contributed by atoms with Gasteiger partial charge in [-0.1, -0.05) is 12.1 Å². The molecule has 1 heterocycles. The molecule has 1 aromatic heterocycles. The Labute approximate surface area is 112 Å². The average Bonchev–Trinajstić information content (AvgIpc) is 2.69. The number of aliphatic hydroxyl groups is 1. The van der Waals surface area contributed by atoms with Crippen molar-refractivity contribution in [3.05, 3.63) is 51.2 Å². The van der Waals surface area contributed by atoms with Crippen LogP contribution in [0.2, 0.25) is 0 Å². The van der Waals surface area contributed by atoms with Crippen LogP contribution in [0.25, 0.3) is 0 Å². The SMILES string of the molecule is CCOc1cccc(C(O)c2cc(C)c(C)s2)c1. The first-order valence-corrected chi connectivity index (χ1v) is 6.91. The van der Waals surface area contributed by atoms with E-state index in [4.69, 9.17) is 4.74 Å². The Balaban J connectivity index is 2.27. The molecule has 0 spiro atoms. The molecule has 2 aromatic rings. The molecule has 96 valence electrons. The zero-order chi connectivity index (χ0) is 13.1. The predicted octanol–water partition coefficient (Wildman–Crippen LogP) is 3.85. The maximum absolute atomic E-state index is 10.4. The highest BCUT2D eigenvalue weighted by Gasteiger charge is 2.14. The summed E-state index contributed by atoms with van der Waals surface area (Å²) in [5.41, 5.74) is 2.11. The van der Waals surface area contributed by atoms with Crippen LogP contribution in [0.3, 0.4) is 0 Å². The minimum atomic E-state index is -0.567. The van der Waals surface area contributed by atoms with Gasteiger partial charge in [0.15, 0.2) is 0 Å². The lowest BCUT2D eigenvalue weighted by atomic mass is 10.1. The molecule has 0 fully saturated rings. The number of hydrogen-bond acceptors (Lipinski definition) is 3. The molecular weight excluding hydrogens is 244 g/mol. The summed E-state index contributed by atoms with van der Waals surface area (Å²) in [5, 5.41) is 10.4. The van der Waals surface area contributed by atoms with Gasteiger partial charge in [0.1, 0.15) is 11.9 Å². The molecule has 1 aromatic carbocycles. The zero-order valence-corrected chi connectivity index (χ0v) is 11.8. The summed E-state index contributed by atoms with van der Waals surface area (Å²) in [7, 11) is 0. The molecule has 0 saturated heterocycles. The Kier molecular flexibility index (Phi) is 4.04. The van der Waals surface area contributed by atoms with Gasteiger partial charge in [-0.05, 0) is 50.1 Å². The van der Waals surface area contributed by atoms with Crippen LogP contribution >= 0.6 is 11.3 Å². The third-order valence-corrected chi connectivity index (χ3v) is 4.14. The monoisotopic (exact) mass is 262 g/mol. The average molecular weight is 262 g/mol. The Morgan fingerprint density at radius 3 is 2.67 bits per heavy atom. The van der Waals surface area contributed by atoms with Gasteiger partial charge in [-0.3, -0.25) is 0 Å². The molecule has 2 rings (SSSR count). The Morgan fingerprint density at radius 1 is 1.28 bits per heavy atom. The highest BCUT2D eigenvalue weighted by molar-refractivity contribution is 7.12. The normalized spacial score (nSPS) is 12.4. The van der Waals surface area contributed by atoms with E-state index in [1.807, 2.05) is 31.2 Å². The van der Waals surface area contributed by atoms with E-state index in [1.165, 1.54) is 10.4 Å². The predicted molar refractivity (Wildman–Crippen MR) is 75.5 cm³/mol. The molecule has 3 heteroatoms. The smallest absolute Gasteiger partial charge is 0.119 e. The number of benzene rings is 1. The van der Waals surface area contributed by atoms with Crippen LogP contribution in [-0.4, -0.2) is 11.7 Å². The second-order valence-electron chi connectivity index (χ2n) is 4.30. The van der Waals surface area contributed by atoms with Crippen molar-refractivity contribution in [3.63, 3.8) is 0 Å². The fourth-order valence-electron chi connectivity index (χ4n) is 1.84. The Morgan fingerprint density at radius 2 is 2.06 bits per heavy atom. The third-order valence-electron chi connectivity index (χ3n) is 2.94. The largest absolute Gasteiger partial charge is 0.494 e. The molecule has 1 N–H and O–H groups in total. The van der Waals surface area contributed by atoms with Crippen molar-refractivity contribution in [2.24, 2.45) is 0 Å². The van der Waals surface area contributed by atoms with Gasteiger partial charge in [-0.15, -0.1) is 11.3 Å². The molecule has 18 heavy (non-hydrogen) atoms. The van der Waals surface area contributed by atoms with Crippen molar-refractivity contribution < 1.29 is 9.84 Å². The van der Waals surface area contributed by atoms with Crippen LogP contribution < -0.4 is 4.74 Å². The second kappa shape index (κ2) is 5.55. The first kappa shape index (κ1) is 13.1. The molecule has 0 bridgehead atoms. The van der Waals surface area contributed by atoms with Crippen LogP contribution in [0.4, 0.5) is 0 Å². The maximum atomic E-state index is 10.4. The maximum Gasteiger partial charge on any atom is 0.119 e. The summed E-state index contributed by atoms with van der Waals surface area (Å²) < 4.78 is 5.45. The van der Waals surface area contributed by atoms with E-state index < -0.39 is 6.10 Å². The lowest BCUT2D eigenvalue weighted by Gasteiger charge is -2.11. The van der Waals surface area contributed by atoms with Crippen molar-refractivity contribution in [1.82, 2.24) is 0 Å². The van der Waals surface area contributed by atoms with E-state index in [-0.39, 0.29) is 0 Å². The second-order valence-corrected chi connectivity index (χ2v) is 5.58. The van der Waals surface area contributed by atoms with E-state index in [1.54, 1.807) is 11.3 Å². The van der Waals surface area contributed by atoms with Crippen molar-refractivity contribution >= 4 is 11.3 Å². The van der Waals surface area contributed by atoms with Gasteiger partial charge in [0.05, 0.1) is 6.61 Å². The van der Waals surface area contributed by atoms with Gasteiger partial charge in [-0.2, -0.15) is 0 Å². The van der Waals surface area contributed by atoms with Crippen LogP contribution in [0.15, 0.2) is 30.3 Å². The summed E-state index contributed by atoms with van der Waals surface area (Å²) in [5.74, 6) is 0.805. The molecule has 1 unspecified atom stereocenters. The standard InChI is InChI=1S/C15H18O2S/c1-4-17-13-7-5-6-12(9-13)15(16)14-8-10(2)11(3)18-14/h5-9,15-16H,4H2,1-3H3. The van der Waals surface area contributed by atoms with Gasteiger partial charge in [0.25, 0.3) is 0 Å². The van der Waals surface area contributed by atoms with Crippen molar-refractivity contribution in [2.75, 3.05) is 6.61 Å². The number of aryl methyl sites for hydroxylation is 2. The first-order chi connectivity index (χ1) is 8.61. The molecule has 0 aliphatic heterocycles. The minimum Gasteiger partial charge on any atom is -0.494 e. The first-order valence-electron chi connectivity index (χ1n) is 6.09. The summed E-state index contributed by atoms with van der Waals surface area (Å²) in [6.45, 7) is 6.73. The number of hydrogen-bond donors (Lipinski definition) is 1. The van der Waals surface area contributed by atoms with Crippen LogP contribution in [0.5, 0.6) is 5.75 Å². The number of rotatable bonds is 4. The topological polar surface area (TPSA) is 29.5 Å². The van der Waals surface area contributed by atoms with Gasteiger partial charge >= 0.3 is 0 Å². The van der Waals surface area contributed by atoms with Crippen LogP contribution in [0.1, 0.15) is 33.9 Å². The number of aliphatic hydroxyl groups excluding tert-OH is 1. The summed E-state index contributed by atoms with van der Waals surface area (Å²) in [6, 6.07) is 9.70. The number of ether oxygens (including phenoxy) is 1. The molecule has 1 atom stereocenters. The Hall–Kier alpha value is -1.32. The fraction of sp³-hybridized carbons (Fsp3) is 0.333. The molecule has 2 nitrogen and oxygen atoms in total. The molecule has 0 aliphatic carbocycles. The quantitative estimate of drug-likeness (QED) is 0.907. The summed E-state index contributed by atoms with van der Waals surface area (Å²) in [6.07, 6.45) is -0.567. The van der Waals surface area contributed by atoms with E-state index in [0.29, 0.717) is 6.61 Å². The Bertz CT molecular complexity index is 512. The van der Waals surface area contributed by atoms with Gasteiger partial charge < -0.3 is 9.84 Å². The third kappa shape index (κ3) is 2.74. The molecule has 0 aliphatic rings. The van der Waals surface area contributed by atoms with Crippen molar-refractivity contribution in [3.8, 4) is 5.75 Å². The fourth-order valence-corrected chi connectivity index (χ4v) is 2.90. The highest BCUT2D eigenvalue weighted by Crippen LogP contribution is 2.31. The van der Waals surface area contributed by atoms with Crippen LogP contribution in [0, 0.1) is 13.8 Å². The van der Waals surface area contributed by atoms with Gasteiger partial charge in [-0.25, -0.2) is 0 Å². The zero-order valence-electron chi connectivity index (χ0n) is 10.9. The highest BCUT2D eigenvalue weighted by atomic mass is 32.1. The lowest BCUT2D eigenvalue weighted by molar-refractivity contribution is 0.223. The molecular formula is C15H18O2S. The molecule has 0 radical (unpaired) electrons. The van der Waals surface area contributed by atoms with Gasteiger partial charge in [0.2, 0.25) is 0 Å². The summed E-state index contributed by atoms with van der Waals surface area (Å²) >= 11 is 1.65. The number of thiophene rings is 1. The molecule has 0 saturated carbocycles. The van der Waals surface area contributed by atoms with E-state index in [0.717, 1.165) is 16.2 Å². The minimum absolute atomic E-state index is 0.567.